The average molecular weight is 204 g/mol. The molecule has 0 amide bonds. The molecule has 0 bridgehead atoms. The van der Waals surface area contributed by atoms with Crippen LogP contribution in [0, 0.1) is 5.92 Å². The summed E-state index contributed by atoms with van der Waals surface area (Å²) in [4.78, 5) is 0. The Balaban J connectivity index is 0. The monoisotopic (exact) mass is 203 g/mol. The van der Waals surface area contributed by atoms with Gasteiger partial charge >= 0.3 is 0 Å². The summed E-state index contributed by atoms with van der Waals surface area (Å²) < 4.78 is 0. The summed E-state index contributed by atoms with van der Waals surface area (Å²) in [6.45, 7) is 7.86. The van der Waals surface area contributed by atoms with Crippen LogP contribution in [0.1, 0.15) is 33.1 Å². The molecule has 0 heterocycles. The van der Waals surface area contributed by atoms with Crippen molar-refractivity contribution in [1.29, 1.82) is 0 Å². The number of rotatable bonds is 6. The smallest absolute Gasteiger partial charge is 0.00106 e. The summed E-state index contributed by atoms with van der Waals surface area (Å²) in [5, 5.41) is 0. The van der Waals surface area contributed by atoms with Crippen LogP contribution in [0.15, 0.2) is 24.8 Å². The molecule has 0 radical (unpaired) electrons. The standard InChI is InChI=1S/C11H21N.ClH/c1-4-6-11(7-5-2)9-8-10(3)12;/h4-5,7,10-11H,1,6,8-9,12H2,2-3H3;1H/b7-5+;. The summed E-state index contributed by atoms with van der Waals surface area (Å²) in [6, 6.07) is 0.322. The van der Waals surface area contributed by atoms with Crippen LogP contribution in [-0.2, 0) is 0 Å². The third kappa shape index (κ3) is 9.65. The van der Waals surface area contributed by atoms with E-state index in [2.05, 4.69) is 32.6 Å². The fourth-order valence-corrected chi connectivity index (χ4v) is 1.26. The van der Waals surface area contributed by atoms with Gasteiger partial charge in [-0.05, 0) is 39.0 Å². The Kier molecular flexibility index (Phi) is 11.5. The van der Waals surface area contributed by atoms with Crippen LogP contribution in [-0.4, -0.2) is 6.04 Å². The lowest BCUT2D eigenvalue weighted by Crippen LogP contribution is -2.15. The largest absolute Gasteiger partial charge is 0.328 e. The van der Waals surface area contributed by atoms with Crippen molar-refractivity contribution in [3.8, 4) is 0 Å². The van der Waals surface area contributed by atoms with Gasteiger partial charge in [0.1, 0.15) is 0 Å². The second-order valence-corrected chi connectivity index (χ2v) is 3.36. The van der Waals surface area contributed by atoms with Crippen molar-refractivity contribution in [2.24, 2.45) is 11.7 Å². The highest BCUT2D eigenvalue weighted by atomic mass is 35.5. The van der Waals surface area contributed by atoms with Gasteiger partial charge in [0.25, 0.3) is 0 Å². The summed E-state index contributed by atoms with van der Waals surface area (Å²) >= 11 is 0. The molecule has 0 saturated carbocycles. The van der Waals surface area contributed by atoms with E-state index in [1.807, 2.05) is 6.08 Å². The van der Waals surface area contributed by atoms with E-state index < -0.39 is 0 Å². The van der Waals surface area contributed by atoms with Crippen molar-refractivity contribution in [2.45, 2.75) is 39.2 Å². The topological polar surface area (TPSA) is 26.0 Å². The minimum atomic E-state index is 0. The van der Waals surface area contributed by atoms with Crippen molar-refractivity contribution >= 4 is 12.4 Å². The second-order valence-electron chi connectivity index (χ2n) is 3.36. The Morgan fingerprint density at radius 3 is 2.38 bits per heavy atom. The molecule has 0 aliphatic rings. The van der Waals surface area contributed by atoms with E-state index in [4.69, 9.17) is 5.73 Å². The van der Waals surface area contributed by atoms with E-state index in [1.165, 1.54) is 6.42 Å². The molecule has 0 aromatic carbocycles. The van der Waals surface area contributed by atoms with Crippen LogP contribution in [0.3, 0.4) is 0 Å². The van der Waals surface area contributed by atoms with Gasteiger partial charge in [-0.3, -0.25) is 0 Å². The molecule has 0 aliphatic heterocycles. The van der Waals surface area contributed by atoms with Gasteiger partial charge in [0.15, 0.2) is 0 Å². The highest BCUT2D eigenvalue weighted by molar-refractivity contribution is 5.85. The van der Waals surface area contributed by atoms with Gasteiger partial charge in [-0.2, -0.15) is 0 Å². The van der Waals surface area contributed by atoms with Crippen molar-refractivity contribution in [3.05, 3.63) is 24.8 Å². The third-order valence-electron chi connectivity index (χ3n) is 1.93. The van der Waals surface area contributed by atoms with Gasteiger partial charge in [0.05, 0.1) is 0 Å². The maximum atomic E-state index is 5.68. The van der Waals surface area contributed by atoms with Crippen molar-refractivity contribution in [1.82, 2.24) is 0 Å². The average Bonchev–Trinajstić information content (AvgIpc) is 2.01. The number of allylic oxidation sites excluding steroid dienone is 3. The molecule has 2 heteroatoms. The van der Waals surface area contributed by atoms with Crippen molar-refractivity contribution in [3.63, 3.8) is 0 Å². The van der Waals surface area contributed by atoms with Crippen LogP contribution >= 0.6 is 12.4 Å². The van der Waals surface area contributed by atoms with E-state index in [0.717, 1.165) is 12.8 Å². The van der Waals surface area contributed by atoms with E-state index in [1.54, 1.807) is 0 Å². The zero-order valence-electron chi connectivity index (χ0n) is 8.70. The highest BCUT2D eigenvalue weighted by Gasteiger charge is 2.03. The van der Waals surface area contributed by atoms with Crippen LogP contribution in [0.25, 0.3) is 0 Å². The molecule has 2 unspecified atom stereocenters. The van der Waals surface area contributed by atoms with Gasteiger partial charge in [-0.15, -0.1) is 19.0 Å². The fourth-order valence-electron chi connectivity index (χ4n) is 1.26. The van der Waals surface area contributed by atoms with Crippen LogP contribution in [0.4, 0.5) is 0 Å². The molecule has 0 fully saturated rings. The first-order valence-corrected chi connectivity index (χ1v) is 4.70. The van der Waals surface area contributed by atoms with Gasteiger partial charge in [0.2, 0.25) is 0 Å². The van der Waals surface area contributed by atoms with Crippen molar-refractivity contribution < 1.29 is 0 Å². The molecular formula is C11H22ClN. The predicted octanol–water partition coefficient (Wildman–Crippen LogP) is 3.30. The van der Waals surface area contributed by atoms with E-state index in [0.29, 0.717) is 12.0 Å². The highest BCUT2D eigenvalue weighted by Crippen LogP contribution is 2.14. The first kappa shape index (κ1) is 15.2. The first-order valence-electron chi connectivity index (χ1n) is 4.70. The SMILES string of the molecule is C=CCC(/C=C/C)CCC(C)N.Cl. The van der Waals surface area contributed by atoms with Gasteiger partial charge in [-0.25, -0.2) is 0 Å². The molecule has 0 rings (SSSR count). The van der Waals surface area contributed by atoms with Crippen LogP contribution in [0.5, 0.6) is 0 Å². The van der Waals surface area contributed by atoms with Gasteiger partial charge in [-0.1, -0.05) is 18.2 Å². The quantitative estimate of drug-likeness (QED) is 0.659. The molecule has 0 aromatic rings. The second kappa shape index (κ2) is 9.82. The molecule has 2 atom stereocenters. The third-order valence-corrected chi connectivity index (χ3v) is 1.93. The van der Waals surface area contributed by atoms with Gasteiger partial charge < -0.3 is 5.73 Å². The number of halogens is 1. The van der Waals surface area contributed by atoms with E-state index >= 15 is 0 Å². The lowest BCUT2D eigenvalue weighted by Gasteiger charge is -2.11. The number of hydrogen-bond donors (Lipinski definition) is 1. The Labute approximate surface area is 88.5 Å². The summed E-state index contributed by atoms with van der Waals surface area (Å²) in [7, 11) is 0. The molecule has 2 N–H and O–H groups in total. The van der Waals surface area contributed by atoms with Gasteiger partial charge in [0, 0.05) is 6.04 Å². The van der Waals surface area contributed by atoms with E-state index in [-0.39, 0.29) is 12.4 Å². The minimum Gasteiger partial charge on any atom is -0.328 e. The Hall–Kier alpha value is -0.270. The Morgan fingerprint density at radius 2 is 2.00 bits per heavy atom. The number of nitrogens with two attached hydrogens (primary N) is 1. The first-order chi connectivity index (χ1) is 5.70. The lowest BCUT2D eigenvalue weighted by atomic mass is 9.97. The molecule has 78 valence electrons. The maximum Gasteiger partial charge on any atom is 0.00106 e. The summed E-state index contributed by atoms with van der Waals surface area (Å²) in [5.74, 6) is 0.637. The normalized spacial score (nSPS) is 15.0. The Bertz CT molecular complexity index is 141. The van der Waals surface area contributed by atoms with Crippen LogP contribution < -0.4 is 5.73 Å². The Morgan fingerprint density at radius 1 is 1.38 bits per heavy atom. The van der Waals surface area contributed by atoms with Crippen molar-refractivity contribution in [2.75, 3.05) is 0 Å². The molecule has 0 aromatic heterocycles. The summed E-state index contributed by atoms with van der Waals surface area (Å²) in [6.07, 6.45) is 9.67. The molecule has 0 spiro atoms. The fraction of sp³-hybridized carbons (Fsp3) is 0.636. The zero-order chi connectivity index (χ0) is 9.40. The maximum absolute atomic E-state index is 5.68. The zero-order valence-corrected chi connectivity index (χ0v) is 9.52. The predicted molar refractivity (Wildman–Crippen MR) is 63.2 cm³/mol. The molecule has 0 aliphatic carbocycles. The van der Waals surface area contributed by atoms with E-state index in [9.17, 15) is 0 Å². The lowest BCUT2D eigenvalue weighted by molar-refractivity contribution is 0.523. The molecule has 13 heavy (non-hydrogen) atoms. The van der Waals surface area contributed by atoms with Crippen LogP contribution in [0.2, 0.25) is 0 Å². The number of hydrogen-bond acceptors (Lipinski definition) is 1. The molecular weight excluding hydrogens is 182 g/mol. The molecule has 0 saturated heterocycles. The minimum absolute atomic E-state index is 0. The molecule has 1 nitrogen and oxygen atoms in total. The summed E-state index contributed by atoms with van der Waals surface area (Å²) in [5.41, 5.74) is 5.68.